The smallest absolute Gasteiger partial charge is 0.254 e. The first-order valence-electron chi connectivity index (χ1n) is 9.42. The maximum Gasteiger partial charge on any atom is 0.254 e. The topological polar surface area (TPSA) is 66.9 Å². The summed E-state index contributed by atoms with van der Waals surface area (Å²) in [7, 11) is -0.289. The number of hydrogen-bond donors (Lipinski definition) is 0. The number of hydrogen-bond acceptors (Lipinski definition) is 4. The number of methoxy groups -OCH3 is 1. The van der Waals surface area contributed by atoms with Gasteiger partial charge in [-0.05, 0) is 55.7 Å². The molecular weight excluding hydrogens is 456 g/mol. The molecule has 0 atom stereocenters. The second kappa shape index (κ2) is 8.85. The molecule has 1 heterocycles. The van der Waals surface area contributed by atoms with Crippen molar-refractivity contribution in [3.63, 3.8) is 0 Å². The number of sulfonamides is 1. The maximum atomic E-state index is 13.1. The number of halogens is 1. The lowest BCUT2D eigenvalue weighted by Gasteiger charge is -2.21. The fourth-order valence-corrected chi connectivity index (χ4v) is 5.43. The monoisotopic (exact) mass is 480 g/mol. The molecule has 0 aromatic heterocycles. The first kappa shape index (κ1) is 21.8. The lowest BCUT2D eigenvalue weighted by Crippen LogP contribution is -2.29. The number of benzene rings is 2. The third-order valence-corrected chi connectivity index (χ3v) is 7.53. The summed E-state index contributed by atoms with van der Waals surface area (Å²) in [4.78, 5) is 14.9. The SMILES string of the molecule is COc1ccc(Br)cc1CN(C)C(=O)c1cc(S(=O)(=O)N2CCCC2)ccc1C. The number of carbonyl (C=O) groups excluding carboxylic acids is 1. The summed E-state index contributed by atoms with van der Waals surface area (Å²) >= 11 is 3.44. The van der Waals surface area contributed by atoms with Crippen LogP contribution in [0.4, 0.5) is 0 Å². The molecule has 29 heavy (non-hydrogen) atoms. The van der Waals surface area contributed by atoms with Gasteiger partial charge >= 0.3 is 0 Å². The van der Waals surface area contributed by atoms with Gasteiger partial charge in [0, 0.05) is 42.3 Å². The van der Waals surface area contributed by atoms with Crippen LogP contribution < -0.4 is 4.74 Å². The third kappa shape index (κ3) is 4.65. The van der Waals surface area contributed by atoms with Crippen LogP contribution in [0.25, 0.3) is 0 Å². The molecular formula is C21H25BrN2O4S. The zero-order valence-electron chi connectivity index (χ0n) is 16.8. The van der Waals surface area contributed by atoms with Gasteiger partial charge in [0.25, 0.3) is 5.91 Å². The number of nitrogens with zero attached hydrogens (tertiary/aromatic N) is 2. The highest BCUT2D eigenvalue weighted by molar-refractivity contribution is 9.10. The molecule has 1 aliphatic rings. The van der Waals surface area contributed by atoms with E-state index in [0.29, 0.717) is 30.9 Å². The van der Waals surface area contributed by atoms with E-state index in [-0.39, 0.29) is 10.8 Å². The van der Waals surface area contributed by atoms with Crippen molar-refractivity contribution in [1.82, 2.24) is 9.21 Å². The van der Waals surface area contributed by atoms with Crippen molar-refractivity contribution < 1.29 is 17.9 Å². The van der Waals surface area contributed by atoms with Crippen molar-refractivity contribution in [2.75, 3.05) is 27.2 Å². The lowest BCUT2D eigenvalue weighted by atomic mass is 10.1. The largest absolute Gasteiger partial charge is 0.496 e. The molecule has 2 aromatic carbocycles. The molecule has 1 saturated heterocycles. The van der Waals surface area contributed by atoms with E-state index < -0.39 is 10.0 Å². The summed E-state index contributed by atoms with van der Waals surface area (Å²) in [6, 6.07) is 10.4. The van der Waals surface area contributed by atoms with Gasteiger partial charge in [-0.15, -0.1) is 0 Å². The highest BCUT2D eigenvalue weighted by atomic mass is 79.9. The molecule has 0 radical (unpaired) electrons. The van der Waals surface area contributed by atoms with Crippen molar-refractivity contribution in [1.29, 1.82) is 0 Å². The number of aryl methyl sites for hydroxylation is 1. The maximum absolute atomic E-state index is 13.1. The van der Waals surface area contributed by atoms with E-state index in [1.165, 1.54) is 10.4 Å². The standard InChI is InChI=1S/C21H25BrN2O4S/c1-15-6-8-18(29(26,27)24-10-4-5-11-24)13-19(15)21(25)23(2)14-16-12-17(22)7-9-20(16)28-3/h6-9,12-13H,4-5,10-11,14H2,1-3H3. The number of carbonyl (C=O) groups is 1. The van der Waals surface area contributed by atoms with Crippen LogP contribution in [0.15, 0.2) is 45.8 Å². The van der Waals surface area contributed by atoms with Gasteiger partial charge in [0.1, 0.15) is 5.75 Å². The lowest BCUT2D eigenvalue weighted by molar-refractivity contribution is 0.0783. The Morgan fingerprint density at radius 3 is 2.52 bits per heavy atom. The molecule has 2 aromatic rings. The molecule has 8 heteroatoms. The average molecular weight is 481 g/mol. The van der Waals surface area contributed by atoms with Crippen molar-refractivity contribution >= 4 is 31.9 Å². The van der Waals surface area contributed by atoms with Crippen molar-refractivity contribution in [2.24, 2.45) is 0 Å². The summed E-state index contributed by atoms with van der Waals surface area (Å²) < 4.78 is 33.5. The van der Waals surface area contributed by atoms with E-state index in [1.54, 1.807) is 31.2 Å². The van der Waals surface area contributed by atoms with E-state index in [4.69, 9.17) is 4.74 Å². The van der Waals surface area contributed by atoms with Crippen LogP contribution in [0.5, 0.6) is 5.75 Å². The highest BCUT2D eigenvalue weighted by Gasteiger charge is 2.28. The fourth-order valence-electron chi connectivity index (χ4n) is 3.47. The molecule has 1 amide bonds. The number of amides is 1. The van der Waals surface area contributed by atoms with E-state index in [9.17, 15) is 13.2 Å². The van der Waals surface area contributed by atoms with Crippen molar-refractivity contribution in [3.8, 4) is 5.75 Å². The zero-order valence-corrected chi connectivity index (χ0v) is 19.2. The normalized spacial score (nSPS) is 14.8. The van der Waals surface area contributed by atoms with Crippen LogP contribution in [-0.4, -0.2) is 50.8 Å². The van der Waals surface area contributed by atoms with Crippen LogP contribution in [0, 0.1) is 6.92 Å². The Morgan fingerprint density at radius 2 is 1.86 bits per heavy atom. The van der Waals surface area contributed by atoms with Gasteiger partial charge in [0.15, 0.2) is 0 Å². The van der Waals surface area contributed by atoms with Crippen molar-refractivity contribution in [2.45, 2.75) is 31.2 Å². The fraction of sp³-hybridized carbons (Fsp3) is 0.381. The molecule has 0 aliphatic carbocycles. The van der Waals surface area contributed by atoms with Crippen LogP contribution in [0.2, 0.25) is 0 Å². The first-order valence-corrected chi connectivity index (χ1v) is 11.7. The van der Waals surface area contributed by atoms with Crippen LogP contribution in [0.1, 0.15) is 34.3 Å². The predicted molar refractivity (Wildman–Crippen MR) is 116 cm³/mol. The van der Waals surface area contributed by atoms with Gasteiger partial charge in [-0.2, -0.15) is 4.31 Å². The van der Waals surface area contributed by atoms with Gasteiger partial charge in [-0.1, -0.05) is 22.0 Å². The average Bonchev–Trinajstić information content (AvgIpc) is 3.23. The molecule has 0 bridgehead atoms. The second-order valence-corrected chi connectivity index (χ2v) is 10.1. The molecule has 6 nitrogen and oxygen atoms in total. The molecule has 156 valence electrons. The Bertz CT molecular complexity index is 1020. The van der Waals surface area contributed by atoms with Gasteiger partial charge in [-0.25, -0.2) is 8.42 Å². The summed E-state index contributed by atoms with van der Waals surface area (Å²) in [5, 5.41) is 0. The van der Waals surface area contributed by atoms with Gasteiger partial charge in [0.05, 0.1) is 12.0 Å². The highest BCUT2D eigenvalue weighted by Crippen LogP contribution is 2.26. The minimum atomic E-state index is -3.58. The minimum Gasteiger partial charge on any atom is -0.496 e. The van der Waals surface area contributed by atoms with E-state index >= 15 is 0 Å². The summed E-state index contributed by atoms with van der Waals surface area (Å²) in [6.07, 6.45) is 1.74. The Kier molecular flexibility index (Phi) is 6.65. The quantitative estimate of drug-likeness (QED) is 0.629. The number of rotatable bonds is 6. The molecule has 1 fully saturated rings. The molecule has 0 N–H and O–H groups in total. The van der Waals surface area contributed by atoms with Crippen LogP contribution in [-0.2, 0) is 16.6 Å². The van der Waals surface area contributed by atoms with Crippen molar-refractivity contribution in [3.05, 3.63) is 57.6 Å². The van der Waals surface area contributed by atoms with Crippen LogP contribution in [0.3, 0.4) is 0 Å². The van der Waals surface area contributed by atoms with Crippen LogP contribution >= 0.6 is 15.9 Å². The first-order chi connectivity index (χ1) is 13.7. The van der Waals surface area contributed by atoms with Gasteiger partial charge in [0.2, 0.25) is 10.0 Å². The summed E-state index contributed by atoms with van der Waals surface area (Å²) in [6.45, 7) is 3.21. The molecule has 0 spiro atoms. The van der Waals surface area contributed by atoms with E-state index in [0.717, 1.165) is 28.4 Å². The van der Waals surface area contributed by atoms with Gasteiger partial charge < -0.3 is 9.64 Å². The summed E-state index contributed by atoms with van der Waals surface area (Å²) in [5.41, 5.74) is 1.99. The second-order valence-electron chi connectivity index (χ2n) is 7.21. The molecule has 0 saturated carbocycles. The third-order valence-electron chi connectivity index (χ3n) is 5.14. The Morgan fingerprint density at radius 1 is 1.17 bits per heavy atom. The molecule has 0 unspecified atom stereocenters. The zero-order chi connectivity index (χ0) is 21.2. The number of ether oxygens (including phenoxy) is 1. The van der Waals surface area contributed by atoms with Gasteiger partial charge in [-0.3, -0.25) is 4.79 Å². The predicted octanol–water partition coefficient (Wildman–Crippen LogP) is 3.82. The summed E-state index contributed by atoms with van der Waals surface area (Å²) in [5.74, 6) is 0.456. The Balaban J connectivity index is 1.88. The Labute approximate surface area is 180 Å². The molecule has 1 aliphatic heterocycles. The van der Waals surface area contributed by atoms with E-state index in [1.807, 2.05) is 25.1 Å². The van der Waals surface area contributed by atoms with E-state index in [2.05, 4.69) is 15.9 Å². The molecule has 3 rings (SSSR count). The minimum absolute atomic E-state index is 0.168. The Hall–Kier alpha value is -1.90.